The second-order valence-corrected chi connectivity index (χ2v) is 11.9. The zero-order valence-corrected chi connectivity index (χ0v) is 28.7. The number of carboxylic acids is 4. The number of hydrogen-bond donors (Lipinski definition) is 13. The molecule has 0 saturated carbocycles. The van der Waals surface area contributed by atoms with Crippen LogP contribution in [0.2, 0.25) is 0 Å². The third kappa shape index (κ3) is 16.8. The number of aromatic hydroxyl groups is 1. The number of aliphatic carboxylic acids is 4. The summed E-state index contributed by atoms with van der Waals surface area (Å²) in [5, 5.41) is 66.7. The number of aliphatic hydroxyl groups is 1. The fraction of sp³-hybridized carbons (Fsp3) is 0.484. The van der Waals surface area contributed by atoms with Gasteiger partial charge in [0.15, 0.2) is 6.04 Å². The Kier molecular flexibility index (Phi) is 18.5. The van der Waals surface area contributed by atoms with Crippen molar-refractivity contribution in [3.05, 3.63) is 29.8 Å². The van der Waals surface area contributed by atoms with Crippen LogP contribution >= 0.6 is 0 Å². The van der Waals surface area contributed by atoms with Gasteiger partial charge in [0, 0.05) is 19.3 Å². The average molecular weight is 770 g/mol. The number of phenols is 1. The number of carboxylic acid groups (broad SMARTS) is 4. The lowest BCUT2D eigenvalue weighted by Crippen LogP contribution is -2.60. The lowest BCUT2D eigenvalue weighted by atomic mass is 10.0. The Hall–Kier alpha value is -6.36. The van der Waals surface area contributed by atoms with E-state index in [1.165, 1.54) is 24.3 Å². The molecule has 0 heterocycles. The molecule has 0 bridgehead atoms. The van der Waals surface area contributed by atoms with Crippen LogP contribution in [-0.4, -0.2) is 132 Å². The van der Waals surface area contributed by atoms with Crippen molar-refractivity contribution < 1.29 is 78.6 Å². The van der Waals surface area contributed by atoms with Crippen molar-refractivity contribution in [3.63, 3.8) is 0 Å². The number of primary amides is 1. The molecule has 23 nitrogen and oxygen atoms in total. The van der Waals surface area contributed by atoms with E-state index >= 15 is 0 Å². The standard InChI is InChI=1S/C31H43N7O16/c1-13(39)25(31(53)54)38-30(52)18(10-14-2-4-15(40)5-3-14)36-27(49)17(7-9-23(44)45)34-28(50)19(11-21(33)41)37-29(51)20(12-24(46)47)35-26(48)16(32)6-8-22(42)43/h2-5,13,16-20,25,39-40H,6-12,32H2,1H3,(H2,33,41)(H,34,50)(H,35,48)(H,36,49)(H,37,51)(H,38,52)(H,42,43)(H,44,45)(H,46,47)(H,53,54)/t13-,16+,17+,18+,19+,20+,25+/m1/s1. The summed E-state index contributed by atoms with van der Waals surface area (Å²) in [6.45, 7) is 1.07. The van der Waals surface area contributed by atoms with Crippen LogP contribution in [0, 0.1) is 0 Å². The second-order valence-electron chi connectivity index (χ2n) is 11.9. The summed E-state index contributed by atoms with van der Waals surface area (Å²) >= 11 is 0. The molecule has 1 rings (SSSR count). The number of nitrogens with one attached hydrogen (secondary N) is 5. The van der Waals surface area contributed by atoms with E-state index in [1.54, 1.807) is 0 Å². The summed E-state index contributed by atoms with van der Waals surface area (Å²) < 4.78 is 0. The van der Waals surface area contributed by atoms with Gasteiger partial charge in [-0.1, -0.05) is 12.1 Å². The Balaban J connectivity index is 3.39. The molecular weight excluding hydrogens is 726 g/mol. The summed E-state index contributed by atoms with van der Waals surface area (Å²) in [6, 6.07) is -5.52. The second kappa shape index (κ2) is 21.9. The Morgan fingerprint density at radius 1 is 0.611 bits per heavy atom. The van der Waals surface area contributed by atoms with Crippen molar-refractivity contribution in [2.75, 3.05) is 0 Å². The molecule has 7 atom stereocenters. The highest BCUT2D eigenvalue weighted by atomic mass is 16.4. The van der Waals surface area contributed by atoms with E-state index in [-0.39, 0.29) is 12.2 Å². The zero-order valence-electron chi connectivity index (χ0n) is 28.7. The molecule has 0 saturated heterocycles. The van der Waals surface area contributed by atoms with Gasteiger partial charge >= 0.3 is 23.9 Å². The maximum absolute atomic E-state index is 13.5. The number of carbonyl (C=O) groups is 10. The van der Waals surface area contributed by atoms with Gasteiger partial charge in [0.1, 0.15) is 29.9 Å². The minimum Gasteiger partial charge on any atom is -0.508 e. The topological polar surface area (TPSA) is 404 Å². The monoisotopic (exact) mass is 769 g/mol. The highest BCUT2D eigenvalue weighted by Gasteiger charge is 2.35. The summed E-state index contributed by atoms with van der Waals surface area (Å²) in [4.78, 5) is 123. The number of carbonyl (C=O) groups excluding carboxylic acids is 6. The van der Waals surface area contributed by atoms with Crippen LogP contribution in [-0.2, 0) is 54.4 Å². The molecule has 0 aromatic heterocycles. The van der Waals surface area contributed by atoms with E-state index in [4.69, 9.17) is 16.6 Å². The number of rotatable bonds is 24. The predicted octanol–water partition coefficient (Wildman–Crippen LogP) is -4.77. The maximum atomic E-state index is 13.5. The lowest BCUT2D eigenvalue weighted by molar-refractivity contribution is -0.145. The smallest absolute Gasteiger partial charge is 0.328 e. The number of nitrogens with two attached hydrogens (primary N) is 2. The maximum Gasteiger partial charge on any atom is 0.328 e. The molecule has 15 N–H and O–H groups in total. The van der Waals surface area contributed by atoms with Crippen LogP contribution in [0.4, 0.5) is 0 Å². The normalized spacial score (nSPS) is 14.6. The summed E-state index contributed by atoms with van der Waals surface area (Å²) in [5.41, 5.74) is 11.2. The van der Waals surface area contributed by atoms with E-state index < -0.39 is 140 Å². The largest absolute Gasteiger partial charge is 0.508 e. The first-order chi connectivity index (χ1) is 25.1. The first-order valence-corrected chi connectivity index (χ1v) is 16.0. The molecule has 0 aliphatic heterocycles. The molecule has 298 valence electrons. The third-order valence-corrected chi connectivity index (χ3v) is 7.39. The first-order valence-electron chi connectivity index (χ1n) is 16.0. The quantitative estimate of drug-likeness (QED) is 0.0469. The van der Waals surface area contributed by atoms with Crippen LogP contribution in [0.3, 0.4) is 0 Å². The van der Waals surface area contributed by atoms with E-state index in [2.05, 4.69) is 16.0 Å². The van der Waals surface area contributed by atoms with Gasteiger partial charge in [-0.2, -0.15) is 0 Å². The van der Waals surface area contributed by atoms with E-state index in [0.717, 1.165) is 6.92 Å². The lowest BCUT2D eigenvalue weighted by Gasteiger charge is -2.27. The van der Waals surface area contributed by atoms with Crippen LogP contribution < -0.4 is 38.1 Å². The fourth-order valence-corrected chi connectivity index (χ4v) is 4.56. The van der Waals surface area contributed by atoms with Crippen LogP contribution in [0.1, 0.15) is 51.0 Å². The van der Waals surface area contributed by atoms with Crippen LogP contribution in [0.15, 0.2) is 24.3 Å². The van der Waals surface area contributed by atoms with E-state index in [1.807, 2.05) is 10.6 Å². The van der Waals surface area contributed by atoms with Gasteiger partial charge < -0.3 is 68.7 Å². The highest BCUT2D eigenvalue weighted by Crippen LogP contribution is 2.13. The SMILES string of the molecule is C[C@@H](O)[C@H](NC(=O)[C@H](Cc1ccc(O)cc1)NC(=O)[C@H](CCC(=O)O)NC(=O)[C@H](CC(N)=O)NC(=O)[C@H](CC(=O)O)NC(=O)[C@@H](N)CCC(=O)O)C(=O)O. The molecule has 0 aliphatic carbocycles. The number of hydrogen-bond acceptors (Lipinski definition) is 13. The van der Waals surface area contributed by atoms with Gasteiger partial charge in [0.05, 0.1) is 25.0 Å². The Bertz CT molecular complexity index is 1570. The van der Waals surface area contributed by atoms with Gasteiger partial charge in [0.2, 0.25) is 35.4 Å². The van der Waals surface area contributed by atoms with Crippen LogP contribution in [0.25, 0.3) is 0 Å². The molecule has 1 aromatic rings. The molecule has 0 spiro atoms. The van der Waals surface area contributed by atoms with Gasteiger partial charge in [-0.25, -0.2) is 4.79 Å². The van der Waals surface area contributed by atoms with Crippen molar-refractivity contribution in [1.29, 1.82) is 0 Å². The van der Waals surface area contributed by atoms with Crippen molar-refractivity contribution in [2.45, 2.75) is 94.2 Å². The Morgan fingerprint density at radius 2 is 1.06 bits per heavy atom. The minimum absolute atomic E-state index is 0.158. The van der Waals surface area contributed by atoms with Crippen molar-refractivity contribution in [3.8, 4) is 5.75 Å². The molecule has 1 aromatic carbocycles. The Labute approximate surface area is 305 Å². The Morgan fingerprint density at radius 3 is 1.54 bits per heavy atom. The molecule has 0 fully saturated rings. The summed E-state index contributed by atoms with van der Waals surface area (Å²) in [7, 11) is 0. The van der Waals surface area contributed by atoms with E-state index in [9.17, 15) is 73.5 Å². The van der Waals surface area contributed by atoms with Crippen molar-refractivity contribution in [2.24, 2.45) is 11.5 Å². The van der Waals surface area contributed by atoms with E-state index in [0.29, 0.717) is 5.56 Å². The summed E-state index contributed by atoms with van der Waals surface area (Å²) in [6.07, 6.45) is -6.39. The van der Waals surface area contributed by atoms with Gasteiger partial charge in [-0.05, 0) is 37.5 Å². The fourth-order valence-electron chi connectivity index (χ4n) is 4.56. The van der Waals surface area contributed by atoms with Gasteiger partial charge in [-0.3, -0.25) is 43.2 Å². The van der Waals surface area contributed by atoms with Crippen molar-refractivity contribution >= 4 is 59.3 Å². The molecule has 6 amide bonds. The number of amides is 6. The molecule has 0 radical (unpaired) electrons. The van der Waals surface area contributed by atoms with Crippen LogP contribution in [0.5, 0.6) is 5.75 Å². The number of benzene rings is 1. The highest BCUT2D eigenvalue weighted by molar-refractivity contribution is 5.98. The molecule has 54 heavy (non-hydrogen) atoms. The first kappa shape index (κ1) is 45.7. The molecule has 0 aliphatic rings. The predicted molar refractivity (Wildman–Crippen MR) is 179 cm³/mol. The number of aliphatic hydroxyl groups excluding tert-OH is 1. The van der Waals surface area contributed by atoms with Gasteiger partial charge in [-0.15, -0.1) is 0 Å². The average Bonchev–Trinajstić information content (AvgIpc) is 3.06. The summed E-state index contributed by atoms with van der Waals surface area (Å²) in [5.74, 6) is -13.5. The van der Waals surface area contributed by atoms with Gasteiger partial charge in [0.25, 0.3) is 0 Å². The third-order valence-electron chi connectivity index (χ3n) is 7.39. The van der Waals surface area contributed by atoms with Crippen molar-refractivity contribution in [1.82, 2.24) is 26.6 Å². The number of phenolic OH excluding ortho intramolecular Hbond substituents is 1. The molecule has 0 unspecified atom stereocenters. The minimum atomic E-state index is -1.97. The zero-order chi connectivity index (χ0) is 41.3. The molecule has 23 heteroatoms. The molecular formula is C31H43N7O16.